The topological polar surface area (TPSA) is 65.5 Å². The fourth-order valence-corrected chi connectivity index (χ4v) is 7.11. The van der Waals surface area contributed by atoms with E-state index in [1.165, 1.54) is 44.1 Å². The number of rotatable bonds is 6. The molecule has 5 rings (SSSR count). The Morgan fingerprint density at radius 3 is 2.58 bits per heavy atom. The first-order valence-electron chi connectivity index (χ1n) is 13.0. The van der Waals surface area contributed by atoms with Gasteiger partial charge in [0.05, 0.1) is 6.04 Å². The van der Waals surface area contributed by atoms with Crippen LogP contribution in [0.1, 0.15) is 54.1 Å². The molecule has 1 saturated carbocycles. The lowest BCUT2D eigenvalue weighted by Crippen LogP contribution is -2.52. The van der Waals surface area contributed by atoms with Crippen LogP contribution < -0.4 is 4.74 Å². The summed E-state index contributed by atoms with van der Waals surface area (Å²) in [6, 6.07) is 9.84. The molecule has 2 fully saturated rings. The first-order chi connectivity index (χ1) is 17.5. The number of carbonyl (C=O) groups is 1. The lowest BCUT2D eigenvalue weighted by atomic mass is 9.94. The molecule has 1 aromatic carbocycles. The predicted molar refractivity (Wildman–Crippen MR) is 142 cm³/mol. The van der Waals surface area contributed by atoms with Crippen LogP contribution >= 0.6 is 22.9 Å². The monoisotopic (exact) mass is 533 g/mol. The van der Waals surface area contributed by atoms with E-state index in [1.807, 2.05) is 35.2 Å². The number of halogens is 1. The molecule has 0 spiro atoms. The fraction of sp³-hybridized carbons (Fsp3) is 0.593. The second-order valence-corrected chi connectivity index (χ2v) is 11.5. The number of benzene rings is 1. The highest BCUT2D eigenvalue weighted by Gasteiger charge is 2.33. The minimum atomic E-state index is -1.00. The third-order valence-corrected chi connectivity index (χ3v) is 9.31. The summed E-state index contributed by atoms with van der Waals surface area (Å²) in [5, 5.41) is 11.9. The Kier molecular flexibility index (Phi) is 8.50. The molecule has 1 aromatic heterocycles. The van der Waals surface area contributed by atoms with Crippen molar-refractivity contribution in [1.29, 1.82) is 0 Å². The average Bonchev–Trinajstić information content (AvgIpc) is 3.32. The number of aliphatic hydroxyl groups excluding tert-OH is 1. The summed E-state index contributed by atoms with van der Waals surface area (Å²) in [4.78, 5) is 20.7. The van der Waals surface area contributed by atoms with E-state index >= 15 is 0 Å². The molecule has 2 aliphatic heterocycles. The Labute approximate surface area is 222 Å². The van der Waals surface area contributed by atoms with Crippen LogP contribution in [-0.2, 0) is 17.7 Å². The zero-order valence-electron chi connectivity index (χ0n) is 20.9. The van der Waals surface area contributed by atoms with Crippen LogP contribution in [0.25, 0.3) is 0 Å². The number of piperazine rings is 1. The summed E-state index contributed by atoms with van der Waals surface area (Å²) in [7, 11) is 1.50. The van der Waals surface area contributed by atoms with Crippen LogP contribution in [-0.4, -0.2) is 78.1 Å². The Morgan fingerprint density at radius 1 is 1.11 bits per heavy atom. The Hall–Kier alpha value is -1.68. The number of fused-ring (bicyclic) bond motifs is 1. The lowest BCUT2D eigenvalue weighted by Gasteiger charge is -2.40. The molecule has 0 bridgehead atoms. The van der Waals surface area contributed by atoms with E-state index < -0.39 is 6.29 Å². The minimum absolute atomic E-state index is 0.252. The zero-order valence-corrected chi connectivity index (χ0v) is 22.5. The number of aliphatic hydroxyl groups is 1. The van der Waals surface area contributed by atoms with Gasteiger partial charge in [-0.2, -0.15) is 0 Å². The van der Waals surface area contributed by atoms with Crippen molar-refractivity contribution in [2.45, 2.75) is 63.4 Å². The van der Waals surface area contributed by atoms with Gasteiger partial charge in [-0.15, -0.1) is 11.3 Å². The molecule has 0 radical (unpaired) electrons. The molecule has 2 aromatic rings. The highest BCUT2D eigenvalue weighted by Crippen LogP contribution is 2.38. The van der Waals surface area contributed by atoms with Gasteiger partial charge in [0, 0.05) is 62.3 Å². The highest BCUT2D eigenvalue weighted by atomic mass is 35.5. The van der Waals surface area contributed by atoms with Gasteiger partial charge in [0.25, 0.3) is 0 Å². The second kappa shape index (κ2) is 11.8. The number of hydrogen-bond acceptors (Lipinski definition) is 7. The van der Waals surface area contributed by atoms with Crippen LogP contribution in [0.2, 0.25) is 5.02 Å². The third-order valence-electron chi connectivity index (χ3n) is 7.85. The lowest BCUT2D eigenvalue weighted by molar-refractivity contribution is -0.129. The summed E-state index contributed by atoms with van der Waals surface area (Å²) < 4.78 is 11.1. The number of carbonyl (C=O) groups excluding carboxylic acids is 1. The zero-order chi connectivity index (χ0) is 25.1. The quantitative estimate of drug-likeness (QED) is 0.532. The molecule has 0 unspecified atom stereocenters. The smallest absolute Gasteiger partial charge is 0.399 e. The highest BCUT2D eigenvalue weighted by molar-refractivity contribution is 7.14. The van der Waals surface area contributed by atoms with Crippen molar-refractivity contribution in [3.63, 3.8) is 0 Å². The van der Waals surface area contributed by atoms with Crippen LogP contribution in [0, 0.1) is 0 Å². The summed E-state index contributed by atoms with van der Waals surface area (Å²) in [6.07, 6.45) is 6.16. The molecule has 1 saturated heterocycles. The van der Waals surface area contributed by atoms with Gasteiger partial charge in [0.15, 0.2) is 11.4 Å². The van der Waals surface area contributed by atoms with Crippen molar-refractivity contribution in [3.05, 3.63) is 51.4 Å². The van der Waals surface area contributed by atoms with Gasteiger partial charge in [-0.25, -0.2) is 4.79 Å². The fourth-order valence-electron chi connectivity index (χ4n) is 5.86. The SMILES string of the molecule is CO[C@H](O)[C@H](c1ccccc1Cl)N1CCc2sc(OC(=O)N3CCN(C4CCCCC4)CC3)cc2C1. The second-order valence-electron chi connectivity index (χ2n) is 10.0. The van der Waals surface area contributed by atoms with E-state index in [1.54, 1.807) is 11.3 Å². The van der Waals surface area contributed by atoms with Crippen molar-refractivity contribution in [2.75, 3.05) is 39.8 Å². The molecule has 1 aliphatic carbocycles. The van der Waals surface area contributed by atoms with Gasteiger partial charge < -0.3 is 19.5 Å². The molecule has 7 nitrogen and oxygen atoms in total. The van der Waals surface area contributed by atoms with Crippen molar-refractivity contribution in [2.24, 2.45) is 0 Å². The van der Waals surface area contributed by atoms with Crippen LogP contribution in [0.4, 0.5) is 4.79 Å². The molecular formula is C27H36ClN3O4S. The van der Waals surface area contributed by atoms with Gasteiger partial charge in [-0.3, -0.25) is 9.80 Å². The van der Waals surface area contributed by atoms with Crippen LogP contribution in [0.3, 0.4) is 0 Å². The molecular weight excluding hydrogens is 498 g/mol. The molecule has 196 valence electrons. The van der Waals surface area contributed by atoms with Crippen molar-refractivity contribution < 1.29 is 19.4 Å². The van der Waals surface area contributed by atoms with Crippen LogP contribution in [0.15, 0.2) is 30.3 Å². The largest absolute Gasteiger partial charge is 0.416 e. The number of amides is 1. The van der Waals surface area contributed by atoms with E-state index in [-0.39, 0.29) is 12.1 Å². The van der Waals surface area contributed by atoms with Crippen molar-refractivity contribution in [1.82, 2.24) is 14.7 Å². The third kappa shape index (κ3) is 5.74. The predicted octanol–water partition coefficient (Wildman–Crippen LogP) is 4.91. The van der Waals surface area contributed by atoms with E-state index in [0.717, 1.165) is 50.3 Å². The van der Waals surface area contributed by atoms with E-state index in [9.17, 15) is 9.90 Å². The molecule has 3 heterocycles. The standard InChI is InChI=1S/C27H36ClN3O4S/c1-34-26(32)25(21-9-5-6-10-22(21)28)31-12-11-23-19(18-31)17-24(36-23)35-27(33)30-15-13-29(14-16-30)20-7-3-2-4-8-20/h5-6,9-10,17,20,25-26,32H,2-4,7-8,11-16,18H2,1H3/t25-,26-/m0/s1. The summed E-state index contributed by atoms with van der Waals surface area (Å²) in [5.74, 6) is 0. The summed E-state index contributed by atoms with van der Waals surface area (Å²) >= 11 is 8.02. The number of nitrogens with zero attached hydrogens (tertiary/aromatic N) is 3. The van der Waals surface area contributed by atoms with Gasteiger partial charge in [0.1, 0.15) is 0 Å². The van der Waals surface area contributed by atoms with Gasteiger partial charge in [-0.05, 0) is 42.5 Å². The van der Waals surface area contributed by atoms with E-state index in [4.69, 9.17) is 21.1 Å². The molecule has 2 atom stereocenters. The number of hydrogen-bond donors (Lipinski definition) is 1. The van der Waals surface area contributed by atoms with E-state index in [0.29, 0.717) is 22.7 Å². The van der Waals surface area contributed by atoms with E-state index in [2.05, 4.69) is 9.80 Å². The Morgan fingerprint density at radius 2 is 1.86 bits per heavy atom. The first kappa shape index (κ1) is 25.9. The minimum Gasteiger partial charge on any atom is -0.399 e. The Balaban J connectivity index is 1.20. The van der Waals surface area contributed by atoms with Gasteiger partial charge in [0.2, 0.25) is 0 Å². The number of ether oxygens (including phenoxy) is 2. The molecule has 36 heavy (non-hydrogen) atoms. The Bertz CT molecular complexity index is 1040. The van der Waals surface area contributed by atoms with Crippen molar-refractivity contribution >= 4 is 29.0 Å². The molecule has 1 N–H and O–H groups in total. The molecule has 1 amide bonds. The van der Waals surface area contributed by atoms with Crippen molar-refractivity contribution in [3.8, 4) is 5.06 Å². The number of methoxy groups -OCH3 is 1. The molecule has 9 heteroatoms. The maximum absolute atomic E-state index is 12.9. The maximum Gasteiger partial charge on any atom is 0.416 e. The molecule has 3 aliphatic rings. The summed E-state index contributed by atoms with van der Waals surface area (Å²) in [5.41, 5.74) is 1.96. The van der Waals surface area contributed by atoms with Gasteiger partial charge >= 0.3 is 6.09 Å². The maximum atomic E-state index is 12.9. The van der Waals surface area contributed by atoms with Gasteiger partial charge in [-0.1, -0.05) is 49.1 Å². The summed E-state index contributed by atoms with van der Waals surface area (Å²) in [6.45, 7) is 4.69. The average molecular weight is 534 g/mol. The van der Waals surface area contributed by atoms with Crippen LogP contribution in [0.5, 0.6) is 5.06 Å². The first-order valence-corrected chi connectivity index (χ1v) is 14.2. The number of thiophene rings is 1. The normalized spacial score (nSPS) is 21.7.